The maximum Gasteiger partial charge on any atom is 0.248 e. The summed E-state index contributed by atoms with van der Waals surface area (Å²) in [6, 6.07) is 4.39. The van der Waals surface area contributed by atoms with E-state index in [2.05, 4.69) is 10.6 Å². The lowest BCUT2D eigenvalue weighted by Crippen LogP contribution is -2.71. The highest BCUT2D eigenvalue weighted by atomic mass is 35.5. The van der Waals surface area contributed by atoms with Crippen molar-refractivity contribution in [2.24, 2.45) is 0 Å². The maximum absolute atomic E-state index is 12.8. The third-order valence-corrected chi connectivity index (χ3v) is 4.93. The number of nitrogens with one attached hydrogen (secondary N) is 2. The summed E-state index contributed by atoms with van der Waals surface area (Å²) in [6.45, 7) is 5.16. The molecule has 0 aromatic heterocycles. The molecule has 0 spiro atoms. The van der Waals surface area contributed by atoms with Gasteiger partial charge in [0, 0.05) is 0 Å². The standard InChI is InChI=1S/C16H17ClN4O3S/c1-8-4-5-10(9(17)6-8)18-13(23)11-7-12(22)20-15(25)19-14(24)16(2,3)21(11)20/h4-6,11H,7H2,1-3H3,(H,18,23)(H,19,24,25)/t11-/m0/s1. The van der Waals surface area contributed by atoms with E-state index in [9.17, 15) is 14.4 Å². The van der Waals surface area contributed by atoms with Crippen LogP contribution in [0.5, 0.6) is 0 Å². The van der Waals surface area contributed by atoms with Crippen LogP contribution in [0, 0.1) is 6.92 Å². The Labute approximate surface area is 155 Å². The molecule has 2 aliphatic heterocycles. The number of hydrogen-bond donors (Lipinski definition) is 2. The number of anilines is 1. The van der Waals surface area contributed by atoms with E-state index >= 15 is 0 Å². The molecule has 0 aliphatic carbocycles. The Morgan fingerprint density at radius 3 is 2.72 bits per heavy atom. The van der Waals surface area contributed by atoms with Gasteiger partial charge in [-0.2, -0.15) is 5.01 Å². The number of carbonyl (C=O) groups excluding carboxylic acids is 3. The number of halogens is 1. The molecule has 7 nitrogen and oxygen atoms in total. The molecule has 2 saturated heterocycles. The fourth-order valence-electron chi connectivity index (χ4n) is 3.00. The molecule has 2 aliphatic rings. The number of hydrazine groups is 1. The fourth-order valence-corrected chi connectivity index (χ4v) is 3.56. The first-order chi connectivity index (χ1) is 11.6. The van der Waals surface area contributed by atoms with Crippen LogP contribution in [0.1, 0.15) is 25.8 Å². The number of nitrogens with zero attached hydrogens (tertiary/aromatic N) is 2. The Hall–Kier alpha value is -2.03. The molecule has 1 aromatic rings. The molecule has 9 heteroatoms. The second-order valence-electron chi connectivity index (χ2n) is 6.56. The lowest BCUT2D eigenvalue weighted by molar-refractivity contribution is -0.154. The quantitative estimate of drug-likeness (QED) is 0.761. The molecule has 0 saturated carbocycles. The molecule has 2 heterocycles. The first kappa shape index (κ1) is 17.8. The molecule has 3 rings (SSSR count). The maximum atomic E-state index is 12.8. The Morgan fingerprint density at radius 2 is 2.08 bits per heavy atom. The van der Waals surface area contributed by atoms with E-state index in [4.69, 9.17) is 23.8 Å². The Balaban J connectivity index is 1.91. The van der Waals surface area contributed by atoms with Crippen LogP contribution in [-0.2, 0) is 14.4 Å². The summed E-state index contributed by atoms with van der Waals surface area (Å²) in [5, 5.41) is 8.25. The minimum Gasteiger partial charge on any atom is -0.323 e. The molecular formula is C16H17ClN4O3S. The number of thiocarbonyl (C=S) groups is 1. The molecular weight excluding hydrogens is 364 g/mol. The second-order valence-corrected chi connectivity index (χ2v) is 7.35. The lowest BCUT2D eigenvalue weighted by atomic mass is 10.00. The van der Waals surface area contributed by atoms with Gasteiger partial charge in [0.05, 0.1) is 17.1 Å². The van der Waals surface area contributed by atoms with Crippen LogP contribution >= 0.6 is 23.8 Å². The molecule has 0 radical (unpaired) electrons. The summed E-state index contributed by atoms with van der Waals surface area (Å²) in [4.78, 5) is 37.4. The van der Waals surface area contributed by atoms with E-state index in [0.29, 0.717) is 10.7 Å². The van der Waals surface area contributed by atoms with Crippen molar-refractivity contribution in [3.63, 3.8) is 0 Å². The minimum absolute atomic E-state index is 0.0157. The van der Waals surface area contributed by atoms with Gasteiger partial charge in [0.1, 0.15) is 11.6 Å². The fraction of sp³-hybridized carbons (Fsp3) is 0.375. The van der Waals surface area contributed by atoms with Crippen LogP contribution in [0.2, 0.25) is 5.02 Å². The van der Waals surface area contributed by atoms with Crippen LogP contribution < -0.4 is 10.6 Å². The van der Waals surface area contributed by atoms with Crippen molar-refractivity contribution in [1.82, 2.24) is 15.3 Å². The largest absolute Gasteiger partial charge is 0.323 e. The molecule has 132 valence electrons. The van der Waals surface area contributed by atoms with Gasteiger partial charge in [-0.15, -0.1) is 0 Å². The first-order valence-electron chi connectivity index (χ1n) is 7.67. The highest BCUT2D eigenvalue weighted by molar-refractivity contribution is 7.80. The Morgan fingerprint density at radius 1 is 1.40 bits per heavy atom. The van der Waals surface area contributed by atoms with E-state index < -0.39 is 17.5 Å². The van der Waals surface area contributed by atoms with Gasteiger partial charge in [-0.3, -0.25) is 19.7 Å². The summed E-state index contributed by atoms with van der Waals surface area (Å²) >= 11 is 11.2. The van der Waals surface area contributed by atoms with Crippen molar-refractivity contribution >= 4 is 52.3 Å². The number of aryl methyl sites for hydroxylation is 1. The van der Waals surface area contributed by atoms with Crippen molar-refractivity contribution in [1.29, 1.82) is 0 Å². The normalized spacial score (nSPS) is 22.6. The highest BCUT2D eigenvalue weighted by Crippen LogP contribution is 2.33. The lowest BCUT2D eigenvalue weighted by Gasteiger charge is -2.45. The molecule has 2 N–H and O–H groups in total. The Kier molecular flexibility index (Phi) is 4.30. The molecule has 3 amide bonds. The number of fused-ring (bicyclic) bond motifs is 1. The van der Waals surface area contributed by atoms with Gasteiger partial charge >= 0.3 is 0 Å². The van der Waals surface area contributed by atoms with E-state index in [1.54, 1.807) is 26.0 Å². The zero-order chi connectivity index (χ0) is 18.5. The zero-order valence-electron chi connectivity index (χ0n) is 13.9. The topological polar surface area (TPSA) is 81.8 Å². The van der Waals surface area contributed by atoms with Crippen LogP contribution in [0.3, 0.4) is 0 Å². The van der Waals surface area contributed by atoms with Crippen LogP contribution in [-0.4, -0.2) is 44.4 Å². The van der Waals surface area contributed by atoms with Gasteiger partial charge < -0.3 is 5.32 Å². The predicted octanol–water partition coefficient (Wildman–Crippen LogP) is 1.60. The van der Waals surface area contributed by atoms with Crippen LogP contribution in [0.4, 0.5) is 5.69 Å². The minimum atomic E-state index is -1.10. The Bertz CT molecular complexity index is 811. The van der Waals surface area contributed by atoms with Crippen LogP contribution in [0.15, 0.2) is 18.2 Å². The molecule has 2 fully saturated rings. The SMILES string of the molecule is Cc1ccc(NC(=O)[C@@H]2CC(=O)N3C(=S)NC(=O)C(C)(C)N23)c(Cl)c1. The van der Waals surface area contributed by atoms with E-state index in [1.807, 2.05) is 13.0 Å². The number of amides is 3. The van der Waals surface area contributed by atoms with Gasteiger partial charge in [0.25, 0.3) is 0 Å². The predicted molar refractivity (Wildman–Crippen MR) is 96.7 cm³/mol. The average Bonchev–Trinajstić information content (AvgIpc) is 2.87. The van der Waals surface area contributed by atoms with Gasteiger partial charge in [-0.05, 0) is 50.7 Å². The van der Waals surface area contributed by atoms with Crippen molar-refractivity contribution in [2.75, 3.05) is 5.32 Å². The zero-order valence-corrected chi connectivity index (χ0v) is 15.5. The third-order valence-electron chi connectivity index (χ3n) is 4.34. The van der Waals surface area contributed by atoms with Crippen LogP contribution in [0.25, 0.3) is 0 Å². The highest BCUT2D eigenvalue weighted by Gasteiger charge is 2.56. The van der Waals surface area contributed by atoms with Gasteiger partial charge in [0.2, 0.25) is 17.7 Å². The van der Waals surface area contributed by atoms with Crippen molar-refractivity contribution in [3.05, 3.63) is 28.8 Å². The molecule has 1 atom stereocenters. The number of benzene rings is 1. The van der Waals surface area contributed by atoms with E-state index in [0.717, 1.165) is 5.56 Å². The summed E-state index contributed by atoms with van der Waals surface area (Å²) < 4.78 is 0. The van der Waals surface area contributed by atoms with Crippen molar-refractivity contribution in [3.8, 4) is 0 Å². The van der Waals surface area contributed by atoms with E-state index in [-0.39, 0.29) is 23.3 Å². The number of carbonyl (C=O) groups is 3. The van der Waals surface area contributed by atoms with Crippen molar-refractivity contribution < 1.29 is 14.4 Å². The van der Waals surface area contributed by atoms with Gasteiger partial charge in [-0.1, -0.05) is 17.7 Å². The monoisotopic (exact) mass is 380 g/mol. The van der Waals surface area contributed by atoms with E-state index in [1.165, 1.54) is 10.0 Å². The number of rotatable bonds is 2. The molecule has 0 bridgehead atoms. The number of hydrogen-bond acceptors (Lipinski definition) is 5. The third kappa shape index (κ3) is 2.90. The smallest absolute Gasteiger partial charge is 0.248 e. The summed E-state index contributed by atoms with van der Waals surface area (Å²) in [7, 11) is 0. The molecule has 1 aromatic carbocycles. The second kappa shape index (κ2) is 6.05. The summed E-state index contributed by atoms with van der Waals surface area (Å²) in [5.41, 5.74) is 0.308. The summed E-state index contributed by atoms with van der Waals surface area (Å²) in [5.74, 6) is -1.13. The van der Waals surface area contributed by atoms with Gasteiger partial charge in [0.15, 0.2) is 5.11 Å². The average molecular weight is 381 g/mol. The molecule has 25 heavy (non-hydrogen) atoms. The van der Waals surface area contributed by atoms with Crippen molar-refractivity contribution in [2.45, 2.75) is 38.8 Å². The first-order valence-corrected chi connectivity index (χ1v) is 8.46. The van der Waals surface area contributed by atoms with Gasteiger partial charge in [-0.25, -0.2) is 5.01 Å². The molecule has 0 unspecified atom stereocenters. The summed E-state index contributed by atoms with van der Waals surface area (Å²) in [6.07, 6.45) is -0.0756.